The molecule has 1 aromatic heterocycles. The zero-order chi connectivity index (χ0) is 28.0. The summed E-state index contributed by atoms with van der Waals surface area (Å²) in [6.45, 7) is 6.53. The highest BCUT2D eigenvalue weighted by molar-refractivity contribution is 7.07. The van der Waals surface area contributed by atoms with Crippen LogP contribution in [0.1, 0.15) is 37.9 Å². The molecule has 0 spiro atoms. The highest BCUT2D eigenvalue weighted by Gasteiger charge is 2.37. The van der Waals surface area contributed by atoms with E-state index in [1.807, 2.05) is 13.8 Å². The molecule has 3 heterocycles. The standard InChI is InChI=1S/C28H27ClN4O5S/c1-6-32(7-2)26(35)21-14(3)30-28-33(23(21)18-13-16(37-4)9-11-20(18)38-5)27(36)24(39-28)22-17-12-15(29)8-10-19(17)31-25(22)34/h8-13,23H,6-7H2,1-5H3,(H,31,34)/b24-22+/t23-/m0/s1. The molecule has 11 heteroatoms. The van der Waals surface area contributed by atoms with Crippen LogP contribution in [0.5, 0.6) is 11.5 Å². The van der Waals surface area contributed by atoms with Crippen molar-refractivity contribution in [2.45, 2.75) is 26.8 Å². The molecule has 3 aromatic rings. The first-order valence-electron chi connectivity index (χ1n) is 12.4. The fraction of sp³-hybridized carbons (Fsp3) is 0.286. The van der Waals surface area contributed by atoms with Gasteiger partial charge in [-0.2, -0.15) is 0 Å². The summed E-state index contributed by atoms with van der Waals surface area (Å²) >= 11 is 7.34. The summed E-state index contributed by atoms with van der Waals surface area (Å²) in [6, 6.07) is 9.42. The third-order valence-electron chi connectivity index (χ3n) is 6.96. The van der Waals surface area contributed by atoms with E-state index in [2.05, 4.69) is 5.32 Å². The van der Waals surface area contributed by atoms with Crippen molar-refractivity contribution in [1.29, 1.82) is 0 Å². The van der Waals surface area contributed by atoms with Gasteiger partial charge >= 0.3 is 0 Å². The number of allylic oxidation sites excluding steroid dienone is 1. The molecule has 2 aromatic carbocycles. The van der Waals surface area contributed by atoms with Crippen LogP contribution in [-0.2, 0) is 9.59 Å². The maximum atomic E-state index is 14.2. The summed E-state index contributed by atoms with van der Waals surface area (Å²) < 4.78 is 12.9. The van der Waals surface area contributed by atoms with Crippen LogP contribution >= 0.6 is 22.9 Å². The second-order valence-corrected chi connectivity index (χ2v) is 10.4. The van der Waals surface area contributed by atoms with E-state index in [1.165, 1.54) is 11.7 Å². The number of nitrogens with one attached hydrogen (secondary N) is 1. The number of nitrogens with zero attached hydrogens (tertiary/aromatic N) is 3. The normalized spacial score (nSPS) is 17.3. The Kier molecular flexibility index (Phi) is 7.09. The zero-order valence-corrected chi connectivity index (χ0v) is 23.7. The number of methoxy groups -OCH3 is 2. The number of carbonyl (C=O) groups excluding carboxylic acids is 2. The fourth-order valence-electron chi connectivity index (χ4n) is 5.04. The third kappa shape index (κ3) is 4.33. The number of ether oxygens (including phenoxy) is 2. The lowest BCUT2D eigenvalue weighted by atomic mass is 9.93. The Morgan fingerprint density at radius 3 is 2.54 bits per heavy atom. The first-order chi connectivity index (χ1) is 18.7. The molecule has 0 unspecified atom stereocenters. The number of halogens is 1. The van der Waals surface area contributed by atoms with E-state index < -0.39 is 17.5 Å². The van der Waals surface area contributed by atoms with E-state index in [1.54, 1.807) is 55.3 Å². The number of benzene rings is 2. The number of fused-ring (bicyclic) bond motifs is 2. The van der Waals surface area contributed by atoms with Gasteiger partial charge in [-0.15, -0.1) is 0 Å². The van der Waals surface area contributed by atoms with Gasteiger partial charge in [0.05, 0.1) is 31.1 Å². The first-order valence-corrected chi connectivity index (χ1v) is 13.6. The molecule has 0 saturated carbocycles. The SMILES string of the molecule is CCN(CC)C(=O)C1=C(C)N=c2s/c(=C3/C(=O)Nc4ccc(Cl)cc43)c(=O)n2[C@H]1c1cc(OC)ccc1OC. The zero-order valence-electron chi connectivity index (χ0n) is 22.1. The summed E-state index contributed by atoms with van der Waals surface area (Å²) in [5.41, 5.74) is 2.31. The van der Waals surface area contributed by atoms with Gasteiger partial charge < -0.3 is 19.7 Å². The quantitative estimate of drug-likeness (QED) is 0.494. The van der Waals surface area contributed by atoms with Crippen LogP contribution in [0.2, 0.25) is 5.02 Å². The number of likely N-dealkylation sites (N-methyl/N-ethyl adjacent to an activating group) is 1. The van der Waals surface area contributed by atoms with Crippen LogP contribution in [0.3, 0.4) is 0 Å². The molecule has 0 aliphatic carbocycles. The molecule has 2 aliphatic heterocycles. The topological polar surface area (TPSA) is 102 Å². The molecule has 5 rings (SSSR count). The minimum absolute atomic E-state index is 0.212. The van der Waals surface area contributed by atoms with Gasteiger partial charge in [-0.05, 0) is 57.2 Å². The van der Waals surface area contributed by atoms with Crippen molar-refractivity contribution in [3.8, 4) is 11.5 Å². The molecule has 9 nitrogen and oxygen atoms in total. The third-order valence-corrected chi connectivity index (χ3v) is 8.25. The van der Waals surface area contributed by atoms with Crippen molar-refractivity contribution in [2.75, 3.05) is 32.6 Å². The highest BCUT2D eigenvalue weighted by atomic mass is 35.5. The number of rotatable bonds is 6. The summed E-state index contributed by atoms with van der Waals surface area (Å²) in [5.74, 6) is 0.390. The van der Waals surface area contributed by atoms with E-state index in [0.717, 1.165) is 11.3 Å². The number of hydrogen-bond donors (Lipinski definition) is 1. The van der Waals surface area contributed by atoms with Crippen molar-refractivity contribution >= 4 is 46.0 Å². The fourth-order valence-corrected chi connectivity index (χ4v) is 6.35. The van der Waals surface area contributed by atoms with Gasteiger partial charge in [-0.25, -0.2) is 4.99 Å². The Morgan fingerprint density at radius 2 is 1.87 bits per heavy atom. The smallest absolute Gasteiger partial charge is 0.271 e. The van der Waals surface area contributed by atoms with Gasteiger partial charge in [-0.3, -0.25) is 19.0 Å². The number of hydrogen-bond acceptors (Lipinski definition) is 7. The minimum Gasteiger partial charge on any atom is -0.497 e. The summed E-state index contributed by atoms with van der Waals surface area (Å²) in [4.78, 5) is 47.9. The Labute approximate surface area is 233 Å². The van der Waals surface area contributed by atoms with Gasteiger partial charge in [0, 0.05) is 34.9 Å². The van der Waals surface area contributed by atoms with E-state index in [-0.39, 0.29) is 16.0 Å². The van der Waals surface area contributed by atoms with Gasteiger partial charge in [0.2, 0.25) is 0 Å². The Bertz CT molecular complexity index is 1740. The van der Waals surface area contributed by atoms with E-state index >= 15 is 0 Å². The first kappa shape index (κ1) is 26.7. The van der Waals surface area contributed by atoms with Gasteiger partial charge in [-0.1, -0.05) is 22.9 Å². The van der Waals surface area contributed by atoms with Crippen molar-refractivity contribution in [3.05, 3.63) is 83.5 Å². The summed E-state index contributed by atoms with van der Waals surface area (Å²) in [7, 11) is 3.08. The molecule has 0 fully saturated rings. The monoisotopic (exact) mass is 566 g/mol. The van der Waals surface area contributed by atoms with Crippen molar-refractivity contribution < 1.29 is 19.1 Å². The van der Waals surface area contributed by atoms with Gasteiger partial charge in [0.25, 0.3) is 17.4 Å². The molecule has 1 atom stereocenters. The van der Waals surface area contributed by atoms with Crippen molar-refractivity contribution in [1.82, 2.24) is 9.47 Å². The second kappa shape index (κ2) is 10.3. The number of thiazole rings is 1. The number of carbonyl (C=O) groups is 2. The van der Waals surface area contributed by atoms with Crippen LogP contribution in [0.25, 0.3) is 5.57 Å². The van der Waals surface area contributed by atoms with Crippen molar-refractivity contribution in [3.63, 3.8) is 0 Å². The predicted molar refractivity (Wildman–Crippen MR) is 150 cm³/mol. The minimum atomic E-state index is -0.864. The molecule has 0 saturated heterocycles. The molecule has 1 N–H and O–H groups in total. The molecule has 2 amide bonds. The Balaban J connectivity index is 1.86. The van der Waals surface area contributed by atoms with Crippen LogP contribution in [0, 0.1) is 0 Å². The average molecular weight is 567 g/mol. The highest BCUT2D eigenvalue weighted by Crippen LogP contribution is 2.38. The lowest BCUT2D eigenvalue weighted by molar-refractivity contribution is -0.127. The Hall–Kier alpha value is -3.89. The molecule has 39 heavy (non-hydrogen) atoms. The maximum absolute atomic E-state index is 14.2. The predicted octanol–water partition coefficient (Wildman–Crippen LogP) is 3.10. The second-order valence-electron chi connectivity index (χ2n) is 9.01. The Morgan fingerprint density at radius 1 is 1.13 bits per heavy atom. The molecule has 0 bridgehead atoms. The van der Waals surface area contributed by atoms with E-state index in [0.29, 0.717) is 62.5 Å². The number of amides is 2. The van der Waals surface area contributed by atoms with Crippen LogP contribution in [-0.4, -0.2) is 48.6 Å². The maximum Gasteiger partial charge on any atom is 0.271 e. The summed E-state index contributed by atoms with van der Waals surface area (Å²) in [6.07, 6.45) is 0. The molecule has 202 valence electrons. The average Bonchev–Trinajstić information content (AvgIpc) is 3.42. The van der Waals surface area contributed by atoms with Crippen molar-refractivity contribution in [2.24, 2.45) is 4.99 Å². The molecule has 0 radical (unpaired) electrons. The van der Waals surface area contributed by atoms with Gasteiger partial charge in [0.1, 0.15) is 22.1 Å². The van der Waals surface area contributed by atoms with Gasteiger partial charge in [0.15, 0.2) is 4.80 Å². The number of anilines is 1. The summed E-state index contributed by atoms with van der Waals surface area (Å²) in [5, 5.41) is 3.25. The lowest BCUT2D eigenvalue weighted by Crippen LogP contribution is -2.43. The lowest BCUT2D eigenvalue weighted by Gasteiger charge is -2.30. The number of aromatic nitrogens is 1. The van der Waals surface area contributed by atoms with Crippen LogP contribution < -0.4 is 29.7 Å². The van der Waals surface area contributed by atoms with Crippen LogP contribution in [0.15, 0.2) is 57.5 Å². The van der Waals surface area contributed by atoms with E-state index in [4.69, 9.17) is 26.1 Å². The van der Waals surface area contributed by atoms with Crippen LogP contribution in [0.4, 0.5) is 5.69 Å². The molecule has 2 aliphatic rings. The molecular weight excluding hydrogens is 540 g/mol. The largest absolute Gasteiger partial charge is 0.497 e. The molecular formula is C28H27ClN4O5S. The van der Waals surface area contributed by atoms with E-state index in [9.17, 15) is 14.4 Å².